The van der Waals surface area contributed by atoms with E-state index < -0.39 is 17.8 Å². The van der Waals surface area contributed by atoms with Crippen molar-refractivity contribution in [1.29, 1.82) is 0 Å². The summed E-state index contributed by atoms with van der Waals surface area (Å²) in [6, 6.07) is 2.65. The standard InChI is InChI=1S/C10H9ClF3N.ClH/c1-2-9(15)7-4-3-6(11)5-8(7)10(12,13)14;/h2-5,9H,1,15H2;1H/t9-;/m0./s1. The van der Waals surface area contributed by atoms with Crippen molar-refractivity contribution in [3.63, 3.8) is 0 Å². The van der Waals surface area contributed by atoms with Crippen LogP contribution in [0, 0.1) is 0 Å². The van der Waals surface area contributed by atoms with Crippen LogP contribution in [0.1, 0.15) is 17.2 Å². The Morgan fingerprint density at radius 1 is 1.38 bits per heavy atom. The van der Waals surface area contributed by atoms with E-state index in [4.69, 9.17) is 17.3 Å². The number of hydrogen-bond acceptors (Lipinski definition) is 1. The fourth-order valence-electron chi connectivity index (χ4n) is 1.19. The number of alkyl halides is 3. The zero-order valence-electron chi connectivity index (χ0n) is 8.09. The first-order chi connectivity index (χ1) is 6.86. The molecule has 0 radical (unpaired) electrons. The Balaban J connectivity index is 0.00000225. The van der Waals surface area contributed by atoms with Crippen molar-refractivity contribution >= 4 is 24.0 Å². The van der Waals surface area contributed by atoms with Crippen LogP contribution in [0.3, 0.4) is 0 Å². The predicted molar refractivity (Wildman–Crippen MR) is 60.8 cm³/mol. The van der Waals surface area contributed by atoms with Crippen molar-refractivity contribution in [2.45, 2.75) is 12.2 Å². The van der Waals surface area contributed by atoms with Crippen LogP contribution < -0.4 is 5.73 Å². The van der Waals surface area contributed by atoms with Crippen LogP contribution in [0.2, 0.25) is 5.02 Å². The van der Waals surface area contributed by atoms with Gasteiger partial charge in [0.05, 0.1) is 5.56 Å². The lowest BCUT2D eigenvalue weighted by atomic mass is 10.0. The molecule has 0 saturated carbocycles. The molecule has 0 spiro atoms. The molecule has 16 heavy (non-hydrogen) atoms. The van der Waals surface area contributed by atoms with Gasteiger partial charge in [-0.1, -0.05) is 23.7 Å². The molecule has 0 fully saturated rings. The summed E-state index contributed by atoms with van der Waals surface area (Å²) in [5.74, 6) is 0. The molecule has 1 atom stereocenters. The number of benzene rings is 1. The van der Waals surface area contributed by atoms with Gasteiger partial charge in [0.15, 0.2) is 0 Å². The highest BCUT2D eigenvalue weighted by atomic mass is 35.5. The summed E-state index contributed by atoms with van der Waals surface area (Å²) in [6.07, 6.45) is -3.21. The minimum absolute atomic E-state index is 0. The second-order valence-corrected chi connectivity index (χ2v) is 3.43. The molecule has 1 rings (SSSR count). The first kappa shape index (κ1) is 15.3. The van der Waals surface area contributed by atoms with Gasteiger partial charge in [-0.05, 0) is 17.7 Å². The van der Waals surface area contributed by atoms with Crippen LogP contribution >= 0.6 is 24.0 Å². The average Bonchev–Trinajstić information content (AvgIpc) is 2.15. The molecular weight excluding hydrogens is 262 g/mol. The van der Waals surface area contributed by atoms with E-state index in [-0.39, 0.29) is 23.0 Å². The summed E-state index contributed by atoms with van der Waals surface area (Å²) in [5, 5.41) is 0.0299. The minimum Gasteiger partial charge on any atom is -0.321 e. The Morgan fingerprint density at radius 3 is 2.38 bits per heavy atom. The summed E-state index contributed by atoms with van der Waals surface area (Å²) in [7, 11) is 0. The molecule has 1 nitrogen and oxygen atoms in total. The van der Waals surface area contributed by atoms with Gasteiger partial charge in [0.1, 0.15) is 0 Å². The average molecular weight is 272 g/mol. The van der Waals surface area contributed by atoms with Crippen molar-refractivity contribution in [3.05, 3.63) is 47.0 Å². The maximum absolute atomic E-state index is 12.6. The molecule has 1 aromatic carbocycles. The molecule has 90 valence electrons. The van der Waals surface area contributed by atoms with Crippen molar-refractivity contribution in [2.75, 3.05) is 0 Å². The zero-order valence-corrected chi connectivity index (χ0v) is 9.66. The van der Waals surface area contributed by atoms with Gasteiger partial charge in [-0.3, -0.25) is 0 Å². The van der Waals surface area contributed by atoms with E-state index in [0.717, 1.165) is 6.07 Å². The summed E-state index contributed by atoms with van der Waals surface area (Å²) in [4.78, 5) is 0. The van der Waals surface area contributed by atoms with Gasteiger partial charge in [0.25, 0.3) is 0 Å². The molecule has 0 aliphatic rings. The highest BCUT2D eigenvalue weighted by molar-refractivity contribution is 6.30. The van der Waals surface area contributed by atoms with Gasteiger partial charge < -0.3 is 5.73 Å². The number of halogens is 5. The second-order valence-electron chi connectivity index (χ2n) is 2.99. The molecule has 0 heterocycles. The van der Waals surface area contributed by atoms with Crippen molar-refractivity contribution in [3.8, 4) is 0 Å². The van der Waals surface area contributed by atoms with Crippen LogP contribution in [-0.2, 0) is 6.18 Å². The quantitative estimate of drug-likeness (QED) is 0.810. The van der Waals surface area contributed by atoms with Crippen LogP contribution in [0.4, 0.5) is 13.2 Å². The molecule has 2 N–H and O–H groups in total. The number of rotatable bonds is 2. The van der Waals surface area contributed by atoms with E-state index >= 15 is 0 Å². The van der Waals surface area contributed by atoms with Gasteiger partial charge in [-0.15, -0.1) is 19.0 Å². The Morgan fingerprint density at radius 2 is 1.94 bits per heavy atom. The maximum Gasteiger partial charge on any atom is 0.416 e. The maximum atomic E-state index is 12.6. The smallest absolute Gasteiger partial charge is 0.321 e. The van der Waals surface area contributed by atoms with Crippen molar-refractivity contribution < 1.29 is 13.2 Å². The molecule has 6 heteroatoms. The fraction of sp³-hybridized carbons (Fsp3) is 0.200. The van der Waals surface area contributed by atoms with E-state index in [1.165, 1.54) is 18.2 Å². The summed E-state index contributed by atoms with van der Waals surface area (Å²) >= 11 is 5.50. The molecule has 0 bridgehead atoms. The molecule has 0 unspecified atom stereocenters. The number of nitrogens with two attached hydrogens (primary N) is 1. The third-order valence-corrected chi connectivity index (χ3v) is 2.17. The van der Waals surface area contributed by atoms with E-state index in [9.17, 15) is 13.2 Å². The molecular formula is C10H10Cl2F3N. The first-order valence-corrected chi connectivity index (χ1v) is 4.49. The Bertz CT molecular complexity index is 377. The molecule has 0 aliphatic carbocycles. The number of hydrogen-bond donors (Lipinski definition) is 1. The lowest BCUT2D eigenvalue weighted by Crippen LogP contribution is -2.15. The summed E-state index contributed by atoms with van der Waals surface area (Å²) < 4.78 is 37.7. The van der Waals surface area contributed by atoms with Crippen molar-refractivity contribution in [2.24, 2.45) is 5.73 Å². The van der Waals surface area contributed by atoms with Gasteiger partial charge in [-0.25, -0.2) is 0 Å². The monoisotopic (exact) mass is 271 g/mol. The van der Waals surface area contributed by atoms with Crippen LogP contribution in [0.25, 0.3) is 0 Å². The van der Waals surface area contributed by atoms with Gasteiger partial charge in [-0.2, -0.15) is 13.2 Å². The lowest BCUT2D eigenvalue weighted by molar-refractivity contribution is -0.138. The summed E-state index contributed by atoms with van der Waals surface area (Å²) in [6.45, 7) is 3.36. The van der Waals surface area contributed by atoms with Crippen LogP contribution in [0.5, 0.6) is 0 Å². The molecule has 0 saturated heterocycles. The van der Waals surface area contributed by atoms with Crippen LogP contribution in [0.15, 0.2) is 30.9 Å². The lowest BCUT2D eigenvalue weighted by Gasteiger charge is -2.15. The third-order valence-electron chi connectivity index (χ3n) is 1.93. The Hall–Kier alpha value is -0.710. The normalized spacial score (nSPS) is 12.8. The minimum atomic E-state index is -4.46. The second kappa shape index (κ2) is 5.57. The molecule has 0 aliphatic heterocycles. The van der Waals surface area contributed by atoms with Crippen molar-refractivity contribution in [1.82, 2.24) is 0 Å². The van der Waals surface area contributed by atoms with E-state index in [1.807, 2.05) is 0 Å². The predicted octanol–water partition coefficient (Wildman–Crippen LogP) is 3.97. The van der Waals surface area contributed by atoms with Gasteiger partial charge in [0.2, 0.25) is 0 Å². The van der Waals surface area contributed by atoms with Crippen LogP contribution in [-0.4, -0.2) is 0 Å². The van der Waals surface area contributed by atoms with E-state index in [2.05, 4.69) is 6.58 Å². The van der Waals surface area contributed by atoms with Gasteiger partial charge in [0, 0.05) is 11.1 Å². The fourth-order valence-corrected chi connectivity index (χ4v) is 1.36. The first-order valence-electron chi connectivity index (χ1n) is 4.11. The molecule has 1 aromatic rings. The third kappa shape index (κ3) is 3.40. The zero-order chi connectivity index (χ0) is 11.6. The Labute approximate surface area is 102 Å². The van der Waals surface area contributed by atoms with E-state index in [1.54, 1.807) is 0 Å². The highest BCUT2D eigenvalue weighted by Gasteiger charge is 2.34. The topological polar surface area (TPSA) is 26.0 Å². The van der Waals surface area contributed by atoms with Gasteiger partial charge >= 0.3 is 6.18 Å². The Kier molecular flexibility index (Phi) is 5.32. The molecule has 0 amide bonds. The summed E-state index contributed by atoms with van der Waals surface area (Å²) in [5.41, 5.74) is 4.64. The van der Waals surface area contributed by atoms with E-state index in [0.29, 0.717) is 0 Å². The SMILES string of the molecule is C=C[C@H](N)c1ccc(Cl)cc1C(F)(F)F.Cl. The largest absolute Gasteiger partial charge is 0.416 e. The molecule has 0 aromatic heterocycles. The highest BCUT2D eigenvalue weighted by Crippen LogP contribution is 2.35.